The first kappa shape index (κ1) is 23.2. The van der Waals surface area contributed by atoms with Gasteiger partial charge >= 0.3 is 12.0 Å². The molecule has 3 N–H and O–H groups in total. The Morgan fingerprint density at radius 3 is 2.50 bits per heavy atom. The van der Waals surface area contributed by atoms with E-state index in [2.05, 4.69) is 26.1 Å². The van der Waals surface area contributed by atoms with Crippen molar-refractivity contribution in [3.05, 3.63) is 30.1 Å². The number of rotatable bonds is 9. The number of nitrogens with one attached hydrogen (secondary N) is 3. The van der Waals surface area contributed by atoms with Crippen LogP contribution in [-0.2, 0) is 14.3 Å². The minimum Gasteiger partial charge on any atom is -0.465 e. The van der Waals surface area contributed by atoms with Crippen LogP contribution in [0.25, 0.3) is 10.6 Å². The van der Waals surface area contributed by atoms with E-state index in [1.165, 1.54) is 12.1 Å². The number of carbonyl (C=O) groups is 3. The zero-order valence-electron chi connectivity index (χ0n) is 16.9. The van der Waals surface area contributed by atoms with Crippen molar-refractivity contribution >= 4 is 34.4 Å². The first-order chi connectivity index (χ1) is 14.3. The summed E-state index contributed by atoms with van der Waals surface area (Å²) in [6.07, 6.45) is 0.632. The number of hydrogen-bond donors (Lipinski definition) is 3. The lowest BCUT2D eigenvalue weighted by atomic mass is 9.98. The van der Waals surface area contributed by atoms with Crippen LogP contribution in [0.15, 0.2) is 24.3 Å². The summed E-state index contributed by atoms with van der Waals surface area (Å²) in [4.78, 5) is 36.2. The minimum absolute atomic E-state index is 0.178. The Balaban J connectivity index is 2.00. The average molecular weight is 437 g/mol. The molecular weight excluding hydrogens is 413 g/mol. The molecule has 1 aromatic heterocycles. The van der Waals surface area contributed by atoms with E-state index in [9.17, 15) is 18.8 Å². The summed E-state index contributed by atoms with van der Waals surface area (Å²) < 4.78 is 17.8. The average Bonchev–Trinajstić information content (AvgIpc) is 3.19. The Morgan fingerprint density at radius 2 is 1.87 bits per heavy atom. The van der Waals surface area contributed by atoms with Crippen LogP contribution in [0.4, 0.5) is 14.3 Å². The van der Waals surface area contributed by atoms with E-state index in [0.29, 0.717) is 17.0 Å². The van der Waals surface area contributed by atoms with Crippen LogP contribution in [0.5, 0.6) is 0 Å². The van der Waals surface area contributed by atoms with Gasteiger partial charge in [0.15, 0.2) is 0 Å². The van der Waals surface area contributed by atoms with Crippen LogP contribution in [0.1, 0.15) is 27.2 Å². The number of anilines is 1. The van der Waals surface area contributed by atoms with Gasteiger partial charge in [-0.1, -0.05) is 31.6 Å². The maximum Gasteiger partial charge on any atom is 0.325 e. The molecular formula is C19H24FN5O4S. The van der Waals surface area contributed by atoms with Gasteiger partial charge in [0.05, 0.1) is 6.61 Å². The van der Waals surface area contributed by atoms with E-state index in [0.717, 1.165) is 11.3 Å². The molecule has 1 heterocycles. The molecule has 0 aliphatic rings. The monoisotopic (exact) mass is 437 g/mol. The molecule has 162 valence electrons. The van der Waals surface area contributed by atoms with E-state index in [1.54, 1.807) is 19.1 Å². The van der Waals surface area contributed by atoms with Crippen LogP contribution in [-0.4, -0.2) is 47.3 Å². The van der Waals surface area contributed by atoms with Gasteiger partial charge in [0, 0.05) is 5.56 Å². The standard InChI is InChI=1S/C19H24FN5O4S/c1-4-11(3)15(22-18(28)21-10-14(26)29-5-2)16(27)23-19-25-24-17(30-19)12-6-8-13(20)9-7-12/h6-9,11,15H,4-5,10H2,1-3H3,(H2,21,22,28)(H,23,25,27). The molecule has 0 radical (unpaired) electrons. The summed E-state index contributed by atoms with van der Waals surface area (Å²) in [5.74, 6) is -1.57. The van der Waals surface area contributed by atoms with Gasteiger partial charge in [0.1, 0.15) is 23.4 Å². The van der Waals surface area contributed by atoms with E-state index >= 15 is 0 Å². The van der Waals surface area contributed by atoms with Crippen molar-refractivity contribution in [2.75, 3.05) is 18.5 Å². The summed E-state index contributed by atoms with van der Waals surface area (Å²) in [6, 6.07) is 4.25. The predicted octanol–water partition coefficient (Wildman–Crippen LogP) is 2.56. The quantitative estimate of drug-likeness (QED) is 0.518. The van der Waals surface area contributed by atoms with Gasteiger partial charge in [0.25, 0.3) is 0 Å². The Kier molecular flexibility index (Phi) is 8.66. The van der Waals surface area contributed by atoms with Gasteiger partial charge in [-0.3, -0.25) is 14.9 Å². The first-order valence-electron chi connectivity index (χ1n) is 9.44. The second-order valence-corrected chi connectivity index (χ2v) is 7.38. The number of esters is 1. The molecule has 3 amide bonds. The van der Waals surface area contributed by atoms with Crippen molar-refractivity contribution in [1.29, 1.82) is 0 Å². The van der Waals surface area contributed by atoms with Gasteiger partial charge in [0.2, 0.25) is 11.0 Å². The minimum atomic E-state index is -0.852. The lowest BCUT2D eigenvalue weighted by Gasteiger charge is -2.23. The molecule has 0 spiro atoms. The predicted molar refractivity (Wildman–Crippen MR) is 110 cm³/mol. The molecule has 0 fully saturated rings. The molecule has 30 heavy (non-hydrogen) atoms. The highest BCUT2D eigenvalue weighted by Crippen LogP contribution is 2.26. The number of aromatic nitrogens is 2. The highest BCUT2D eigenvalue weighted by Gasteiger charge is 2.27. The fourth-order valence-corrected chi connectivity index (χ4v) is 3.18. The molecule has 0 bridgehead atoms. The summed E-state index contributed by atoms with van der Waals surface area (Å²) in [5.41, 5.74) is 0.671. The van der Waals surface area contributed by atoms with Crippen molar-refractivity contribution in [2.24, 2.45) is 5.92 Å². The zero-order chi connectivity index (χ0) is 22.1. The van der Waals surface area contributed by atoms with Crippen molar-refractivity contribution in [3.63, 3.8) is 0 Å². The third-order valence-electron chi connectivity index (χ3n) is 4.23. The van der Waals surface area contributed by atoms with Gasteiger partial charge in [-0.05, 0) is 37.1 Å². The fourth-order valence-electron chi connectivity index (χ4n) is 2.42. The van der Waals surface area contributed by atoms with Gasteiger partial charge in [-0.2, -0.15) is 0 Å². The summed E-state index contributed by atoms with van der Waals surface area (Å²) in [6.45, 7) is 5.28. The van der Waals surface area contributed by atoms with E-state index in [4.69, 9.17) is 4.74 Å². The smallest absolute Gasteiger partial charge is 0.325 e. The van der Waals surface area contributed by atoms with Crippen LogP contribution in [0, 0.1) is 11.7 Å². The van der Waals surface area contributed by atoms with Crippen molar-refractivity contribution < 1.29 is 23.5 Å². The normalized spacial score (nSPS) is 12.5. The Labute approximate surface area is 177 Å². The Morgan fingerprint density at radius 1 is 1.17 bits per heavy atom. The molecule has 0 saturated carbocycles. The molecule has 2 rings (SSSR count). The maximum absolute atomic E-state index is 13.1. The van der Waals surface area contributed by atoms with Gasteiger partial charge in [-0.25, -0.2) is 9.18 Å². The second-order valence-electron chi connectivity index (χ2n) is 6.40. The molecule has 0 saturated heterocycles. The van der Waals surface area contributed by atoms with E-state index in [-0.39, 0.29) is 30.0 Å². The van der Waals surface area contributed by atoms with Crippen LogP contribution in [0.3, 0.4) is 0 Å². The van der Waals surface area contributed by atoms with Gasteiger partial charge < -0.3 is 15.4 Å². The number of nitrogens with zero attached hydrogens (tertiary/aromatic N) is 2. The Bertz CT molecular complexity index is 874. The number of carbonyl (C=O) groups excluding carboxylic acids is 3. The first-order valence-corrected chi connectivity index (χ1v) is 10.3. The van der Waals surface area contributed by atoms with Crippen LogP contribution in [0.2, 0.25) is 0 Å². The molecule has 2 aromatic rings. The molecule has 2 unspecified atom stereocenters. The van der Waals surface area contributed by atoms with E-state index in [1.807, 2.05) is 13.8 Å². The number of benzene rings is 1. The number of ether oxygens (including phenoxy) is 1. The molecule has 1 aromatic carbocycles. The largest absolute Gasteiger partial charge is 0.465 e. The summed E-state index contributed by atoms with van der Waals surface area (Å²) >= 11 is 1.13. The second kappa shape index (κ2) is 11.2. The highest BCUT2D eigenvalue weighted by molar-refractivity contribution is 7.18. The number of halogens is 1. The Hall–Kier alpha value is -3.08. The van der Waals surface area contributed by atoms with E-state index < -0.39 is 23.9 Å². The van der Waals surface area contributed by atoms with Gasteiger partial charge in [-0.15, -0.1) is 10.2 Å². The van der Waals surface area contributed by atoms with Crippen LogP contribution >= 0.6 is 11.3 Å². The number of urea groups is 1. The number of hydrogen-bond acceptors (Lipinski definition) is 7. The molecule has 2 atom stereocenters. The third kappa shape index (κ3) is 6.76. The van der Waals surface area contributed by atoms with Crippen molar-refractivity contribution in [2.45, 2.75) is 33.2 Å². The molecule has 11 heteroatoms. The number of amides is 3. The topological polar surface area (TPSA) is 122 Å². The zero-order valence-corrected chi connectivity index (χ0v) is 17.7. The lowest BCUT2D eigenvalue weighted by molar-refractivity contribution is -0.141. The molecule has 9 nitrogen and oxygen atoms in total. The molecule has 0 aliphatic heterocycles. The van der Waals surface area contributed by atoms with Crippen molar-refractivity contribution in [1.82, 2.24) is 20.8 Å². The third-order valence-corrected chi connectivity index (χ3v) is 5.11. The lowest BCUT2D eigenvalue weighted by Crippen LogP contribution is -2.51. The maximum atomic E-state index is 13.1. The fraction of sp³-hybridized carbons (Fsp3) is 0.421. The summed E-state index contributed by atoms with van der Waals surface area (Å²) in [5, 5.41) is 16.3. The van der Waals surface area contributed by atoms with Crippen LogP contribution < -0.4 is 16.0 Å². The molecule has 0 aliphatic carbocycles. The van der Waals surface area contributed by atoms with Crippen molar-refractivity contribution in [3.8, 4) is 10.6 Å². The SMILES string of the molecule is CCOC(=O)CNC(=O)NC(C(=O)Nc1nnc(-c2ccc(F)cc2)s1)C(C)CC. The highest BCUT2D eigenvalue weighted by atomic mass is 32.1. The summed E-state index contributed by atoms with van der Waals surface area (Å²) in [7, 11) is 0.